The van der Waals surface area contributed by atoms with Gasteiger partial charge in [0.25, 0.3) is 0 Å². The Morgan fingerprint density at radius 1 is 0.607 bits per heavy atom. The molecule has 0 saturated carbocycles. The predicted molar refractivity (Wildman–Crippen MR) is 102 cm³/mol. The lowest BCUT2D eigenvalue weighted by Gasteiger charge is -2.12. The van der Waals surface area contributed by atoms with Gasteiger partial charge in [-0.1, -0.05) is 24.3 Å². The van der Waals surface area contributed by atoms with Crippen molar-refractivity contribution in [3.63, 3.8) is 0 Å². The zero-order valence-corrected chi connectivity index (χ0v) is 14.9. The molecule has 0 spiro atoms. The Balaban J connectivity index is 1.62. The maximum atomic E-state index is 10.9. The highest BCUT2D eigenvalue weighted by Gasteiger charge is 2.07. The summed E-state index contributed by atoms with van der Waals surface area (Å²) in [6, 6.07) is 20.1. The summed E-state index contributed by atoms with van der Waals surface area (Å²) >= 11 is 0. The van der Waals surface area contributed by atoms with Crippen LogP contribution in [-0.4, -0.2) is 22.2 Å². The number of ether oxygens (including phenoxy) is 2. The van der Waals surface area contributed by atoms with Crippen LogP contribution in [0.5, 0.6) is 11.5 Å². The van der Waals surface area contributed by atoms with Crippen molar-refractivity contribution in [1.82, 2.24) is 0 Å². The van der Waals surface area contributed by atoms with Crippen molar-refractivity contribution in [2.24, 2.45) is 0 Å². The zero-order chi connectivity index (χ0) is 19.9. The average molecular weight is 378 g/mol. The third-order valence-corrected chi connectivity index (χ3v) is 4.11. The molecular formula is C22H18O6. The Labute approximate surface area is 161 Å². The third-order valence-electron chi connectivity index (χ3n) is 4.11. The van der Waals surface area contributed by atoms with Gasteiger partial charge in [0.15, 0.2) is 0 Å². The predicted octanol–water partition coefficient (Wildman–Crippen LogP) is 4.24. The van der Waals surface area contributed by atoms with Gasteiger partial charge in [0.2, 0.25) is 0 Å². The molecule has 0 amide bonds. The molecule has 3 rings (SSSR count). The van der Waals surface area contributed by atoms with E-state index < -0.39 is 11.9 Å². The lowest BCUT2D eigenvalue weighted by Crippen LogP contribution is -2.04. The number of hydrogen-bond acceptors (Lipinski definition) is 4. The van der Waals surface area contributed by atoms with Gasteiger partial charge in [-0.05, 0) is 59.7 Å². The molecule has 0 aliphatic heterocycles. The Morgan fingerprint density at radius 2 is 0.964 bits per heavy atom. The SMILES string of the molecule is O=C(O)c1ccc(OCc2ccccc2COc2ccc(C(=O)O)cc2)cc1. The molecule has 3 aromatic rings. The second-order valence-electron chi connectivity index (χ2n) is 6.01. The zero-order valence-electron chi connectivity index (χ0n) is 14.9. The molecule has 28 heavy (non-hydrogen) atoms. The van der Waals surface area contributed by atoms with E-state index in [1.165, 1.54) is 24.3 Å². The molecule has 0 atom stereocenters. The highest BCUT2D eigenvalue weighted by atomic mass is 16.5. The molecule has 6 heteroatoms. The van der Waals surface area contributed by atoms with E-state index in [-0.39, 0.29) is 11.1 Å². The van der Waals surface area contributed by atoms with Crippen LogP contribution in [-0.2, 0) is 13.2 Å². The molecular weight excluding hydrogens is 360 g/mol. The van der Waals surface area contributed by atoms with Gasteiger partial charge in [-0.2, -0.15) is 0 Å². The summed E-state index contributed by atoms with van der Waals surface area (Å²) in [5.41, 5.74) is 2.28. The van der Waals surface area contributed by atoms with E-state index in [1.807, 2.05) is 24.3 Å². The first kappa shape index (κ1) is 19.0. The van der Waals surface area contributed by atoms with Gasteiger partial charge < -0.3 is 19.7 Å². The maximum absolute atomic E-state index is 10.9. The molecule has 0 fully saturated rings. The first-order valence-electron chi connectivity index (χ1n) is 8.52. The molecule has 0 heterocycles. The van der Waals surface area contributed by atoms with Gasteiger partial charge >= 0.3 is 11.9 Å². The molecule has 2 N–H and O–H groups in total. The van der Waals surface area contributed by atoms with E-state index in [1.54, 1.807) is 24.3 Å². The number of hydrogen-bond donors (Lipinski definition) is 2. The van der Waals surface area contributed by atoms with Crippen LogP contribution in [0.3, 0.4) is 0 Å². The van der Waals surface area contributed by atoms with Crippen molar-refractivity contribution in [3.8, 4) is 11.5 Å². The highest BCUT2D eigenvalue weighted by molar-refractivity contribution is 5.88. The van der Waals surface area contributed by atoms with Crippen molar-refractivity contribution in [1.29, 1.82) is 0 Å². The number of benzene rings is 3. The topological polar surface area (TPSA) is 93.1 Å². The molecule has 0 unspecified atom stereocenters. The standard InChI is InChI=1S/C22H18O6/c23-21(24)15-5-9-19(10-6-15)27-13-17-3-1-2-4-18(17)14-28-20-11-7-16(8-12-20)22(25)26/h1-12H,13-14H2,(H,23,24)(H,25,26). The minimum Gasteiger partial charge on any atom is -0.489 e. The van der Waals surface area contributed by atoms with E-state index in [0.29, 0.717) is 24.7 Å². The summed E-state index contributed by atoms with van der Waals surface area (Å²) < 4.78 is 11.5. The van der Waals surface area contributed by atoms with Crippen LogP contribution in [0.15, 0.2) is 72.8 Å². The van der Waals surface area contributed by atoms with E-state index in [9.17, 15) is 9.59 Å². The Morgan fingerprint density at radius 3 is 1.29 bits per heavy atom. The second-order valence-corrected chi connectivity index (χ2v) is 6.01. The molecule has 3 aromatic carbocycles. The molecule has 0 aliphatic carbocycles. The van der Waals surface area contributed by atoms with E-state index in [2.05, 4.69) is 0 Å². The van der Waals surface area contributed by atoms with Gasteiger partial charge in [-0.3, -0.25) is 0 Å². The fraction of sp³-hybridized carbons (Fsp3) is 0.0909. The van der Waals surface area contributed by atoms with Crippen molar-refractivity contribution in [2.75, 3.05) is 0 Å². The van der Waals surface area contributed by atoms with Crippen molar-refractivity contribution in [3.05, 3.63) is 95.1 Å². The summed E-state index contributed by atoms with van der Waals surface area (Å²) in [4.78, 5) is 21.8. The molecule has 0 saturated heterocycles. The molecule has 142 valence electrons. The summed E-state index contributed by atoms with van der Waals surface area (Å²) in [7, 11) is 0. The van der Waals surface area contributed by atoms with Crippen LogP contribution < -0.4 is 9.47 Å². The number of carboxylic acids is 2. The van der Waals surface area contributed by atoms with E-state index in [0.717, 1.165) is 11.1 Å². The van der Waals surface area contributed by atoms with Gasteiger partial charge in [0.1, 0.15) is 24.7 Å². The normalized spacial score (nSPS) is 10.3. The van der Waals surface area contributed by atoms with Gasteiger partial charge in [-0.15, -0.1) is 0 Å². The monoisotopic (exact) mass is 378 g/mol. The summed E-state index contributed by atoms with van der Waals surface area (Å²) in [5.74, 6) is -0.814. The minimum atomic E-state index is -0.981. The molecule has 0 radical (unpaired) electrons. The fourth-order valence-electron chi connectivity index (χ4n) is 2.55. The first-order valence-corrected chi connectivity index (χ1v) is 8.52. The lowest BCUT2D eigenvalue weighted by molar-refractivity contribution is 0.0686. The molecule has 0 aromatic heterocycles. The highest BCUT2D eigenvalue weighted by Crippen LogP contribution is 2.19. The summed E-state index contributed by atoms with van der Waals surface area (Å²) in [5, 5.41) is 17.9. The van der Waals surface area contributed by atoms with Crippen molar-refractivity contribution in [2.45, 2.75) is 13.2 Å². The van der Waals surface area contributed by atoms with Crippen molar-refractivity contribution >= 4 is 11.9 Å². The summed E-state index contributed by atoms with van der Waals surface area (Å²) in [6.07, 6.45) is 0. The van der Waals surface area contributed by atoms with Crippen LogP contribution in [0, 0.1) is 0 Å². The molecule has 0 bridgehead atoms. The largest absolute Gasteiger partial charge is 0.489 e. The van der Waals surface area contributed by atoms with Gasteiger partial charge in [0, 0.05) is 0 Å². The minimum absolute atomic E-state index is 0.204. The van der Waals surface area contributed by atoms with Crippen LogP contribution in [0.1, 0.15) is 31.8 Å². The number of carbonyl (C=O) groups is 2. The number of rotatable bonds is 8. The van der Waals surface area contributed by atoms with Crippen LogP contribution in [0.4, 0.5) is 0 Å². The van der Waals surface area contributed by atoms with Gasteiger partial charge in [0.05, 0.1) is 11.1 Å². The van der Waals surface area contributed by atoms with Crippen LogP contribution in [0.25, 0.3) is 0 Å². The van der Waals surface area contributed by atoms with Crippen LogP contribution >= 0.6 is 0 Å². The maximum Gasteiger partial charge on any atom is 0.335 e. The number of carboxylic acid groups (broad SMARTS) is 2. The van der Waals surface area contributed by atoms with Crippen LogP contribution in [0.2, 0.25) is 0 Å². The molecule has 0 aliphatic rings. The van der Waals surface area contributed by atoms with Gasteiger partial charge in [-0.25, -0.2) is 9.59 Å². The number of aromatic carboxylic acids is 2. The average Bonchev–Trinajstić information content (AvgIpc) is 2.72. The smallest absolute Gasteiger partial charge is 0.335 e. The Hall–Kier alpha value is -3.80. The van der Waals surface area contributed by atoms with Crippen molar-refractivity contribution < 1.29 is 29.3 Å². The van der Waals surface area contributed by atoms with E-state index in [4.69, 9.17) is 19.7 Å². The lowest BCUT2D eigenvalue weighted by atomic mass is 10.1. The van der Waals surface area contributed by atoms with E-state index >= 15 is 0 Å². The Bertz CT molecular complexity index is 881. The molecule has 6 nitrogen and oxygen atoms in total. The second kappa shape index (κ2) is 8.73. The summed E-state index contributed by atoms with van der Waals surface area (Å²) in [6.45, 7) is 0.619. The quantitative estimate of drug-likeness (QED) is 0.609. The first-order chi connectivity index (χ1) is 13.5. The Kier molecular flexibility index (Phi) is 5.91. The third kappa shape index (κ3) is 4.88. The fourth-order valence-corrected chi connectivity index (χ4v) is 2.55.